The molecule has 0 aromatic heterocycles. The van der Waals surface area contributed by atoms with Crippen LogP contribution >= 0.6 is 0 Å². The fourth-order valence-electron chi connectivity index (χ4n) is 2.75. The van der Waals surface area contributed by atoms with E-state index < -0.39 is 0 Å². The summed E-state index contributed by atoms with van der Waals surface area (Å²) in [5.41, 5.74) is 2.11. The van der Waals surface area contributed by atoms with Gasteiger partial charge in [0.25, 0.3) is 0 Å². The number of benzene rings is 1. The van der Waals surface area contributed by atoms with Gasteiger partial charge in [0.1, 0.15) is 0 Å². The van der Waals surface area contributed by atoms with Crippen LogP contribution in [0.4, 0.5) is 5.69 Å². The van der Waals surface area contributed by atoms with E-state index in [2.05, 4.69) is 16.7 Å². The first kappa shape index (κ1) is 14.1. The van der Waals surface area contributed by atoms with Crippen molar-refractivity contribution in [2.24, 2.45) is 5.92 Å². The number of rotatable bonds is 4. The monoisotopic (exact) mass is 260 g/mol. The first-order valence-electron chi connectivity index (χ1n) is 7.34. The van der Waals surface area contributed by atoms with Crippen LogP contribution in [0.25, 0.3) is 0 Å². The zero-order valence-corrected chi connectivity index (χ0v) is 11.7. The summed E-state index contributed by atoms with van der Waals surface area (Å²) in [5.74, 6) is 0.402. The van der Waals surface area contributed by atoms with E-state index in [0.717, 1.165) is 25.1 Å². The van der Waals surface area contributed by atoms with Crippen molar-refractivity contribution in [2.45, 2.75) is 45.1 Å². The van der Waals surface area contributed by atoms with Gasteiger partial charge in [0.15, 0.2) is 0 Å². The third kappa shape index (κ3) is 4.35. The molecular formula is C16H24N2O. The lowest BCUT2D eigenvalue weighted by Crippen LogP contribution is -2.22. The summed E-state index contributed by atoms with van der Waals surface area (Å²) in [6.07, 6.45) is 7.03. The summed E-state index contributed by atoms with van der Waals surface area (Å²) in [4.78, 5) is 12.3. The Morgan fingerprint density at radius 2 is 1.95 bits per heavy atom. The highest BCUT2D eigenvalue weighted by Crippen LogP contribution is 2.24. The molecule has 1 saturated carbocycles. The second-order valence-electron chi connectivity index (χ2n) is 5.41. The number of nitrogens with one attached hydrogen (secondary N) is 2. The van der Waals surface area contributed by atoms with Crippen LogP contribution in [0.1, 0.15) is 44.1 Å². The van der Waals surface area contributed by atoms with E-state index in [9.17, 15) is 4.79 Å². The van der Waals surface area contributed by atoms with Crippen LogP contribution in [0.3, 0.4) is 0 Å². The average molecular weight is 260 g/mol. The Balaban J connectivity index is 1.95. The minimum atomic E-state index is 0.198. The van der Waals surface area contributed by atoms with E-state index in [1.807, 2.05) is 25.2 Å². The maximum atomic E-state index is 12.3. The lowest BCUT2D eigenvalue weighted by molar-refractivity contribution is -0.120. The van der Waals surface area contributed by atoms with Gasteiger partial charge in [-0.1, -0.05) is 37.8 Å². The van der Waals surface area contributed by atoms with Gasteiger partial charge in [-0.2, -0.15) is 0 Å². The average Bonchev–Trinajstić information content (AvgIpc) is 2.68. The van der Waals surface area contributed by atoms with Crippen molar-refractivity contribution in [3.8, 4) is 0 Å². The Bertz CT molecular complexity index is 409. The van der Waals surface area contributed by atoms with E-state index >= 15 is 0 Å². The van der Waals surface area contributed by atoms with E-state index in [1.165, 1.54) is 31.2 Å². The Kier molecular flexibility index (Phi) is 5.40. The number of amides is 1. The van der Waals surface area contributed by atoms with E-state index in [0.29, 0.717) is 0 Å². The van der Waals surface area contributed by atoms with Gasteiger partial charge in [-0.15, -0.1) is 0 Å². The molecule has 19 heavy (non-hydrogen) atoms. The number of hydrogen-bond acceptors (Lipinski definition) is 2. The molecule has 0 heterocycles. The van der Waals surface area contributed by atoms with Crippen LogP contribution in [-0.2, 0) is 11.3 Å². The van der Waals surface area contributed by atoms with Crippen LogP contribution in [0.2, 0.25) is 0 Å². The van der Waals surface area contributed by atoms with Crippen LogP contribution < -0.4 is 10.6 Å². The molecule has 1 aliphatic carbocycles. The van der Waals surface area contributed by atoms with Crippen LogP contribution in [0, 0.1) is 5.92 Å². The van der Waals surface area contributed by atoms with Crippen LogP contribution in [0.15, 0.2) is 24.3 Å². The fraction of sp³-hybridized carbons (Fsp3) is 0.562. The smallest absolute Gasteiger partial charge is 0.227 e. The first-order valence-corrected chi connectivity index (χ1v) is 7.34. The minimum absolute atomic E-state index is 0.198. The fourth-order valence-corrected chi connectivity index (χ4v) is 2.75. The number of carbonyl (C=O) groups excluding carboxylic acids is 1. The van der Waals surface area contributed by atoms with E-state index in [4.69, 9.17) is 0 Å². The summed E-state index contributed by atoms with van der Waals surface area (Å²) in [6, 6.07) is 8.08. The molecule has 0 atom stereocenters. The first-order chi connectivity index (χ1) is 9.29. The predicted molar refractivity (Wildman–Crippen MR) is 79.0 cm³/mol. The van der Waals surface area contributed by atoms with Gasteiger partial charge in [-0.05, 0) is 37.6 Å². The number of carbonyl (C=O) groups is 1. The normalized spacial score (nSPS) is 16.9. The molecule has 0 aliphatic heterocycles. The van der Waals surface area contributed by atoms with Gasteiger partial charge in [0, 0.05) is 18.2 Å². The van der Waals surface area contributed by atoms with Crippen molar-refractivity contribution >= 4 is 11.6 Å². The van der Waals surface area contributed by atoms with Crippen molar-refractivity contribution in [3.05, 3.63) is 29.8 Å². The predicted octanol–water partition coefficient (Wildman–Crippen LogP) is 3.31. The summed E-state index contributed by atoms with van der Waals surface area (Å²) >= 11 is 0. The SMILES string of the molecule is CNCc1cccc(NC(=O)C2CCCCCC2)c1. The molecule has 3 heteroatoms. The molecule has 0 unspecified atom stereocenters. The van der Waals surface area contributed by atoms with Crippen molar-refractivity contribution in [1.29, 1.82) is 0 Å². The molecule has 2 N–H and O–H groups in total. The maximum Gasteiger partial charge on any atom is 0.227 e. The Labute approximate surface area is 115 Å². The Hall–Kier alpha value is -1.35. The maximum absolute atomic E-state index is 12.3. The molecule has 1 amide bonds. The summed E-state index contributed by atoms with van der Waals surface area (Å²) < 4.78 is 0. The van der Waals surface area contributed by atoms with Gasteiger partial charge in [0.2, 0.25) is 5.91 Å². The second kappa shape index (κ2) is 7.29. The zero-order chi connectivity index (χ0) is 13.5. The standard InChI is InChI=1S/C16H24N2O/c1-17-12-13-7-6-10-15(11-13)18-16(19)14-8-4-2-3-5-9-14/h6-7,10-11,14,17H,2-5,8-9,12H2,1H3,(H,18,19). The highest BCUT2D eigenvalue weighted by Gasteiger charge is 2.19. The van der Waals surface area contributed by atoms with E-state index in [-0.39, 0.29) is 11.8 Å². The molecule has 1 aromatic carbocycles. The second-order valence-corrected chi connectivity index (χ2v) is 5.41. The van der Waals surface area contributed by atoms with Gasteiger partial charge in [-0.3, -0.25) is 4.79 Å². The largest absolute Gasteiger partial charge is 0.326 e. The summed E-state index contributed by atoms with van der Waals surface area (Å²) in [7, 11) is 1.93. The molecule has 0 radical (unpaired) electrons. The van der Waals surface area contributed by atoms with Crippen molar-refractivity contribution in [2.75, 3.05) is 12.4 Å². The minimum Gasteiger partial charge on any atom is -0.326 e. The summed E-state index contributed by atoms with van der Waals surface area (Å²) in [5, 5.41) is 6.19. The molecule has 0 bridgehead atoms. The molecule has 2 rings (SSSR count). The molecule has 1 aromatic rings. The van der Waals surface area contributed by atoms with Gasteiger partial charge in [0.05, 0.1) is 0 Å². The van der Waals surface area contributed by atoms with Crippen LogP contribution in [0.5, 0.6) is 0 Å². The Morgan fingerprint density at radius 1 is 1.21 bits per heavy atom. The third-order valence-electron chi connectivity index (χ3n) is 3.80. The highest BCUT2D eigenvalue weighted by molar-refractivity contribution is 5.92. The van der Waals surface area contributed by atoms with E-state index in [1.54, 1.807) is 0 Å². The molecular weight excluding hydrogens is 236 g/mol. The molecule has 0 saturated heterocycles. The van der Waals surface area contributed by atoms with Crippen molar-refractivity contribution in [3.63, 3.8) is 0 Å². The van der Waals surface area contributed by atoms with Crippen LogP contribution in [-0.4, -0.2) is 13.0 Å². The van der Waals surface area contributed by atoms with Gasteiger partial charge >= 0.3 is 0 Å². The molecule has 1 aliphatic rings. The topological polar surface area (TPSA) is 41.1 Å². The Morgan fingerprint density at radius 3 is 2.63 bits per heavy atom. The molecule has 0 spiro atoms. The zero-order valence-electron chi connectivity index (χ0n) is 11.7. The molecule has 104 valence electrons. The quantitative estimate of drug-likeness (QED) is 0.815. The van der Waals surface area contributed by atoms with Crippen molar-refractivity contribution < 1.29 is 4.79 Å². The summed E-state index contributed by atoms with van der Waals surface area (Å²) in [6.45, 7) is 0.827. The molecule has 3 nitrogen and oxygen atoms in total. The lowest BCUT2D eigenvalue weighted by atomic mass is 9.99. The van der Waals surface area contributed by atoms with Crippen molar-refractivity contribution in [1.82, 2.24) is 5.32 Å². The highest BCUT2D eigenvalue weighted by atomic mass is 16.1. The third-order valence-corrected chi connectivity index (χ3v) is 3.80. The lowest BCUT2D eigenvalue weighted by Gasteiger charge is -2.14. The van der Waals surface area contributed by atoms with Gasteiger partial charge in [-0.25, -0.2) is 0 Å². The van der Waals surface area contributed by atoms with Gasteiger partial charge < -0.3 is 10.6 Å². The number of hydrogen-bond donors (Lipinski definition) is 2. The molecule has 1 fully saturated rings. The number of anilines is 1.